The summed E-state index contributed by atoms with van der Waals surface area (Å²) in [5.41, 5.74) is 0. The lowest BCUT2D eigenvalue weighted by Crippen LogP contribution is -2.46. The van der Waals surface area contributed by atoms with E-state index in [4.69, 9.17) is 0 Å². The molecule has 0 amide bonds. The minimum absolute atomic E-state index is 0.520. The van der Waals surface area contributed by atoms with E-state index in [2.05, 4.69) is 34.9 Å². The van der Waals surface area contributed by atoms with Gasteiger partial charge in [0.05, 0.1) is 6.67 Å². The average molecular weight is 135 g/mol. The summed E-state index contributed by atoms with van der Waals surface area (Å²) < 4.78 is 0. The van der Waals surface area contributed by atoms with Gasteiger partial charge < -0.3 is 0 Å². The first kappa shape index (κ1) is 6.13. The van der Waals surface area contributed by atoms with E-state index in [1.165, 1.54) is 0 Å². The highest BCUT2D eigenvalue weighted by atomic mass is 15.1. The summed E-state index contributed by atoms with van der Waals surface area (Å²) in [4.78, 5) is 0. The zero-order valence-corrected chi connectivity index (χ0v) is 5.75. The Hall–Kier alpha value is -0.600. The van der Waals surface area contributed by atoms with Gasteiger partial charge in [0.1, 0.15) is 0 Å². The third-order valence-corrected chi connectivity index (χ3v) is 1.98. The first-order valence-electron chi connectivity index (χ1n) is 3.63. The SMILES string of the molecule is [CH]1NCC2C=CC=CC2N1. The molecule has 0 aromatic rings. The summed E-state index contributed by atoms with van der Waals surface area (Å²) in [6.45, 7) is 2.98. The van der Waals surface area contributed by atoms with Crippen molar-refractivity contribution in [1.82, 2.24) is 10.6 Å². The van der Waals surface area contributed by atoms with Crippen LogP contribution in [-0.2, 0) is 0 Å². The van der Waals surface area contributed by atoms with Crippen molar-refractivity contribution in [3.05, 3.63) is 31.0 Å². The van der Waals surface area contributed by atoms with Crippen molar-refractivity contribution in [2.24, 2.45) is 5.92 Å². The number of rotatable bonds is 0. The highest BCUT2D eigenvalue weighted by Crippen LogP contribution is 2.13. The van der Waals surface area contributed by atoms with Crippen LogP contribution in [0.4, 0.5) is 0 Å². The molecule has 0 aromatic heterocycles. The summed E-state index contributed by atoms with van der Waals surface area (Å²) in [6, 6.07) is 0.520. The lowest BCUT2D eigenvalue weighted by molar-refractivity contribution is 0.410. The van der Waals surface area contributed by atoms with Gasteiger partial charge in [-0.15, -0.1) is 0 Å². The first-order valence-corrected chi connectivity index (χ1v) is 3.63. The second-order valence-electron chi connectivity index (χ2n) is 2.68. The largest absolute Gasteiger partial charge is 0.299 e. The molecule has 2 atom stereocenters. The van der Waals surface area contributed by atoms with Gasteiger partial charge in [-0.2, -0.15) is 0 Å². The Morgan fingerprint density at radius 2 is 2.10 bits per heavy atom. The van der Waals surface area contributed by atoms with Crippen molar-refractivity contribution in [2.75, 3.05) is 6.54 Å². The van der Waals surface area contributed by atoms with Crippen LogP contribution in [0.5, 0.6) is 0 Å². The van der Waals surface area contributed by atoms with Crippen LogP contribution in [0.1, 0.15) is 0 Å². The van der Waals surface area contributed by atoms with E-state index in [1.54, 1.807) is 0 Å². The number of allylic oxidation sites excluding steroid dienone is 2. The molecule has 2 rings (SSSR count). The lowest BCUT2D eigenvalue weighted by Gasteiger charge is -2.30. The van der Waals surface area contributed by atoms with Crippen molar-refractivity contribution in [1.29, 1.82) is 0 Å². The van der Waals surface area contributed by atoms with Gasteiger partial charge in [-0.1, -0.05) is 24.3 Å². The van der Waals surface area contributed by atoms with Gasteiger partial charge in [0.25, 0.3) is 0 Å². The van der Waals surface area contributed by atoms with E-state index in [9.17, 15) is 0 Å². The van der Waals surface area contributed by atoms with Crippen LogP contribution in [-0.4, -0.2) is 12.6 Å². The van der Waals surface area contributed by atoms with Gasteiger partial charge in [-0.25, -0.2) is 0 Å². The molecule has 2 N–H and O–H groups in total. The van der Waals surface area contributed by atoms with Gasteiger partial charge in [-0.3, -0.25) is 10.6 Å². The third kappa shape index (κ3) is 1.00. The molecular weight excluding hydrogens is 124 g/mol. The molecule has 2 unspecified atom stereocenters. The Balaban J connectivity index is 2.09. The second-order valence-corrected chi connectivity index (χ2v) is 2.68. The van der Waals surface area contributed by atoms with Crippen LogP contribution in [0.25, 0.3) is 0 Å². The molecule has 1 fully saturated rings. The quantitative estimate of drug-likeness (QED) is 0.502. The van der Waals surface area contributed by atoms with Gasteiger partial charge in [0.2, 0.25) is 0 Å². The molecule has 53 valence electrons. The normalized spacial score (nSPS) is 37.6. The standard InChI is InChI=1S/C8H11N2/c1-2-4-8-7(3-1)5-9-6-10-8/h1-4,6-10H,5H2. The lowest BCUT2D eigenvalue weighted by atomic mass is 9.94. The fourth-order valence-electron chi connectivity index (χ4n) is 1.38. The predicted octanol–water partition coefficient (Wildman–Crippen LogP) is 0.409. The zero-order chi connectivity index (χ0) is 6.81. The first-order chi connectivity index (χ1) is 4.97. The van der Waals surface area contributed by atoms with Gasteiger partial charge >= 0.3 is 0 Å². The topological polar surface area (TPSA) is 24.1 Å². The van der Waals surface area contributed by atoms with Crippen molar-refractivity contribution in [3.63, 3.8) is 0 Å². The fourth-order valence-corrected chi connectivity index (χ4v) is 1.38. The van der Waals surface area contributed by atoms with Crippen molar-refractivity contribution in [2.45, 2.75) is 6.04 Å². The molecule has 1 saturated heterocycles. The predicted molar refractivity (Wildman–Crippen MR) is 41.0 cm³/mol. The maximum atomic E-state index is 3.25. The van der Waals surface area contributed by atoms with E-state index < -0.39 is 0 Å². The number of hydrogen-bond acceptors (Lipinski definition) is 2. The van der Waals surface area contributed by atoms with Crippen molar-refractivity contribution >= 4 is 0 Å². The smallest absolute Gasteiger partial charge is 0.0871 e. The molecule has 1 aliphatic carbocycles. The minimum atomic E-state index is 0.520. The maximum Gasteiger partial charge on any atom is 0.0871 e. The fraction of sp³-hybridized carbons (Fsp3) is 0.375. The maximum absolute atomic E-state index is 3.25. The molecule has 0 saturated carbocycles. The average Bonchev–Trinajstić information content (AvgIpc) is 2.05. The molecule has 2 heteroatoms. The van der Waals surface area contributed by atoms with Gasteiger partial charge in [0, 0.05) is 18.5 Å². The Labute approximate surface area is 61.0 Å². The Bertz CT molecular complexity index is 152. The Morgan fingerprint density at radius 3 is 3.00 bits per heavy atom. The number of fused-ring (bicyclic) bond motifs is 1. The molecule has 2 nitrogen and oxygen atoms in total. The van der Waals surface area contributed by atoms with Crippen molar-refractivity contribution < 1.29 is 0 Å². The van der Waals surface area contributed by atoms with Crippen molar-refractivity contribution in [3.8, 4) is 0 Å². The van der Waals surface area contributed by atoms with Gasteiger partial charge in [-0.05, 0) is 0 Å². The molecule has 1 heterocycles. The Kier molecular flexibility index (Phi) is 1.57. The number of nitrogens with one attached hydrogen (secondary N) is 2. The molecule has 1 radical (unpaired) electrons. The van der Waals surface area contributed by atoms with Crippen LogP contribution in [0.2, 0.25) is 0 Å². The third-order valence-electron chi connectivity index (χ3n) is 1.98. The highest BCUT2D eigenvalue weighted by Gasteiger charge is 2.20. The summed E-state index contributed by atoms with van der Waals surface area (Å²) in [5.74, 6) is 0.634. The summed E-state index contributed by atoms with van der Waals surface area (Å²) in [5, 5.41) is 6.41. The van der Waals surface area contributed by atoms with E-state index in [0.29, 0.717) is 12.0 Å². The molecule has 1 aliphatic heterocycles. The van der Waals surface area contributed by atoms with E-state index in [0.717, 1.165) is 6.54 Å². The molecule has 0 bridgehead atoms. The number of hydrogen-bond donors (Lipinski definition) is 2. The highest BCUT2D eigenvalue weighted by molar-refractivity contribution is 5.19. The molecule has 2 aliphatic rings. The van der Waals surface area contributed by atoms with E-state index in [-0.39, 0.29) is 0 Å². The van der Waals surface area contributed by atoms with Crippen LogP contribution in [0.15, 0.2) is 24.3 Å². The van der Waals surface area contributed by atoms with E-state index in [1.807, 2.05) is 6.67 Å². The second kappa shape index (κ2) is 2.56. The zero-order valence-electron chi connectivity index (χ0n) is 5.75. The molecular formula is C8H11N2. The van der Waals surface area contributed by atoms with Crippen LogP contribution < -0.4 is 10.6 Å². The van der Waals surface area contributed by atoms with Crippen LogP contribution in [0, 0.1) is 12.6 Å². The summed E-state index contributed by atoms with van der Waals surface area (Å²) in [6.07, 6.45) is 8.63. The van der Waals surface area contributed by atoms with Gasteiger partial charge in [0.15, 0.2) is 0 Å². The summed E-state index contributed by atoms with van der Waals surface area (Å²) in [7, 11) is 0. The van der Waals surface area contributed by atoms with E-state index >= 15 is 0 Å². The molecule has 0 spiro atoms. The minimum Gasteiger partial charge on any atom is -0.299 e. The molecule has 10 heavy (non-hydrogen) atoms. The monoisotopic (exact) mass is 135 g/mol. The van der Waals surface area contributed by atoms with Crippen LogP contribution in [0.3, 0.4) is 0 Å². The van der Waals surface area contributed by atoms with Crippen LogP contribution >= 0.6 is 0 Å². The molecule has 0 aromatic carbocycles. The Morgan fingerprint density at radius 1 is 1.20 bits per heavy atom. The summed E-state index contributed by atoms with van der Waals surface area (Å²) >= 11 is 0.